The van der Waals surface area contributed by atoms with E-state index >= 15 is 0 Å². The average molecular weight is 267 g/mol. The second-order valence-corrected chi connectivity index (χ2v) is 4.62. The predicted octanol–water partition coefficient (Wildman–Crippen LogP) is 1.93. The minimum absolute atomic E-state index is 0.00753. The van der Waals surface area contributed by atoms with Crippen LogP contribution in [0.1, 0.15) is 37.3 Å². The highest BCUT2D eigenvalue weighted by Crippen LogP contribution is 2.32. The van der Waals surface area contributed by atoms with Gasteiger partial charge in [-0.2, -0.15) is 0 Å². The van der Waals surface area contributed by atoms with Crippen LogP contribution in [0.15, 0.2) is 18.2 Å². The predicted molar refractivity (Wildman–Crippen MR) is 68.3 cm³/mol. The molecule has 1 amide bonds. The van der Waals surface area contributed by atoms with Crippen molar-refractivity contribution in [3.05, 3.63) is 29.6 Å². The Morgan fingerprint density at radius 2 is 2.37 bits per heavy atom. The van der Waals surface area contributed by atoms with Gasteiger partial charge in [0.25, 0.3) is 0 Å². The van der Waals surface area contributed by atoms with E-state index in [1.165, 1.54) is 12.1 Å². The van der Waals surface area contributed by atoms with Gasteiger partial charge in [-0.3, -0.25) is 4.79 Å². The molecule has 5 heteroatoms. The molecule has 0 saturated heterocycles. The van der Waals surface area contributed by atoms with Crippen LogP contribution in [-0.2, 0) is 4.79 Å². The summed E-state index contributed by atoms with van der Waals surface area (Å²) in [5, 5.41) is 11.6. The molecule has 0 saturated carbocycles. The molecule has 1 atom stereocenters. The zero-order valence-electron chi connectivity index (χ0n) is 10.7. The number of halogens is 1. The van der Waals surface area contributed by atoms with Gasteiger partial charge in [0.15, 0.2) is 0 Å². The van der Waals surface area contributed by atoms with E-state index in [4.69, 9.17) is 9.84 Å². The van der Waals surface area contributed by atoms with Gasteiger partial charge in [-0.25, -0.2) is 4.39 Å². The summed E-state index contributed by atoms with van der Waals surface area (Å²) in [5.41, 5.74) is 0.690. The molecule has 2 N–H and O–H groups in total. The minimum atomic E-state index is -0.334. The molecule has 0 fully saturated rings. The number of aliphatic hydroxyl groups excluding tert-OH is 1. The van der Waals surface area contributed by atoms with E-state index in [0.29, 0.717) is 24.3 Å². The summed E-state index contributed by atoms with van der Waals surface area (Å²) < 4.78 is 18.9. The summed E-state index contributed by atoms with van der Waals surface area (Å²) >= 11 is 0. The molecule has 0 radical (unpaired) electrons. The van der Waals surface area contributed by atoms with Crippen molar-refractivity contribution in [2.45, 2.75) is 31.7 Å². The van der Waals surface area contributed by atoms with Crippen molar-refractivity contribution < 1.29 is 19.0 Å². The normalized spacial score (nSPS) is 18.1. The molecule has 104 valence electrons. The maximum Gasteiger partial charge on any atom is 0.220 e. The van der Waals surface area contributed by atoms with Gasteiger partial charge in [0, 0.05) is 18.6 Å². The van der Waals surface area contributed by atoms with Crippen molar-refractivity contribution in [3.63, 3.8) is 0 Å². The molecule has 4 nitrogen and oxygen atoms in total. The highest BCUT2D eigenvalue weighted by atomic mass is 19.1. The number of ether oxygens (including phenoxy) is 1. The number of amides is 1. The van der Waals surface area contributed by atoms with Crippen molar-refractivity contribution in [2.75, 3.05) is 13.2 Å². The zero-order chi connectivity index (χ0) is 13.7. The Morgan fingerprint density at radius 1 is 1.53 bits per heavy atom. The van der Waals surface area contributed by atoms with Gasteiger partial charge in [0.2, 0.25) is 5.91 Å². The van der Waals surface area contributed by atoms with E-state index in [1.54, 1.807) is 6.07 Å². The fraction of sp³-hybridized carbons (Fsp3) is 0.500. The molecule has 1 unspecified atom stereocenters. The van der Waals surface area contributed by atoms with E-state index in [9.17, 15) is 9.18 Å². The van der Waals surface area contributed by atoms with Crippen molar-refractivity contribution >= 4 is 5.91 Å². The van der Waals surface area contributed by atoms with E-state index < -0.39 is 0 Å². The molecule has 1 aromatic carbocycles. The lowest BCUT2D eigenvalue weighted by atomic mass is 10.0. The third-order valence-electron chi connectivity index (χ3n) is 3.14. The number of benzene rings is 1. The van der Waals surface area contributed by atoms with Gasteiger partial charge in [-0.15, -0.1) is 0 Å². The molecule has 2 rings (SSSR count). The number of hydrogen-bond acceptors (Lipinski definition) is 3. The lowest BCUT2D eigenvalue weighted by Crippen LogP contribution is -2.28. The average Bonchev–Trinajstić information content (AvgIpc) is 2.59. The summed E-state index contributed by atoms with van der Waals surface area (Å²) in [6.07, 6.45) is 2.24. The number of aliphatic hydroxyl groups is 1. The molecule has 0 aliphatic carbocycles. The quantitative estimate of drug-likeness (QED) is 0.876. The topological polar surface area (TPSA) is 58.6 Å². The third-order valence-corrected chi connectivity index (χ3v) is 3.14. The number of nitrogens with one attached hydrogen (secondary N) is 1. The maximum absolute atomic E-state index is 13.3. The van der Waals surface area contributed by atoms with Crippen molar-refractivity contribution in [1.29, 1.82) is 0 Å². The summed E-state index contributed by atoms with van der Waals surface area (Å²) in [6.45, 7) is 0.564. The smallest absolute Gasteiger partial charge is 0.220 e. The summed E-state index contributed by atoms with van der Waals surface area (Å²) in [6, 6.07) is 4.15. The first-order chi connectivity index (χ1) is 9.20. The molecule has 1 aliphatic heterocycles. The van der Waals surface area contributed by atoms with Crippen LogP contribution < -0.4 is 10.1 Å². The first-order valence-corrected chi connectivity index (χ1v) is 6.53. The van der Waals surface area contributed by atoms with Crippen molar-refractivity contribution in [1.82, 2.24) is 5.32 Å². The Bertz CT molecular complexity index is 450. The van der Waals surface area contributed by atoms with Crippen LogP contribution in [-0.4, -0.2) is 24.2 Å². The second kappa shape index (κ2) is 6.52. The van der Waals surface area contributed by atoms with Gasteiger partial charge in [0.1, 0.15) is 11.6 Å². The largest absolute Gasteiger partial charge is 0.493 e. The number of hydrogen-bond donors (Lipinski definition) is 2. The van der Waals surface area contributed by atoms with Gasteiger partial charge in [-0.05, 0) is 37.5 Å². The molecular weight excluding hydrogens is 249 g/mol. The Labute approximate surface area is 111 Å². The lowest BCUT2D eigenvalue weighted by molar-refractivity contribution is -0.122. The van der Waals surface area contributed by atoms with Gasteiger partial charge in [-0.1, -0.05) is 0 Å². The molecule has 0 spiro atoms. The Kier molecular flexibility index (Phi) is 4.74. The number of carbonyl (C=O) groups excluding carboxylic acids is 1. The van der Waals surface area contributed by atoms with Crippen LogP contribution >= 0.6 is 0 Å². The van der Waals surface area contributed by atoms with Crippen LogP contribution in [0.4, 0.5) is 4.39 Å². The number of fused-ring (bicyclic) bond motifs is 1. The highest BCUT2D eigenvalue weighted by Gasteiger charge is 2.21. The molecule has 1 aromatic rings. The summed E-state index contributed by atoms with van der Waals surface area (Å²) in [4.78, 5) is 11.7. The van der Waals surface area contributed by atoms with E-state index in [0.717, 1.165) is 12.8 Å². The van der Waals surface area contributed by atoms with Gasteiger partial charge >= 0.3 is 0 Å². The Hall–Kier alpha value is -1.62. The Morgan fingerprint density at radius 3 is 3.16 bits per heavy atom. The molecule has 0 aromatic heterocycles. The maximum atomic E-state index is 13.3. The molecule has 1 heterocycles. The van der Waals surface area contributed by atoms with Gasteiger partial charge < -0.3 is 15.2 Å². The Balaban J connectivity index is 2.12. The molecule has 19 heavy (non-hydrogen) atoms. The van der Waals surface area contributed by atoms with Crippen molar-refractivity contribution in [3.8, 4) is 5.75 Å². The van der Waals surface area contributed by atoms with E-state index in [1.807, 2.05) is 0 Å². The SMILES string of the molecule is O=C(CCCO)NC1CCCOc2ccc(F)cc21. The van der Waals surface area contributed by atoms with Crippen LogP contribution in [0.2, 0.25) is 0 Å². The van der Waals surface area contributed by atoms with Crippen molar-refractivity contribution in [2.24, 2.45) is 0 Å². The van der Waals surface area contributed by atoms with Crippen LogP contribution in [0.25, 0.3) is 0 Å². The van der Waals surface area contributed by atoms with Crippen LogP contribution in [0.5, 0.6) is 5.75 Å². The van der Waals surface area contributed by atoms with Crippen LogP contribution in [0.3, 0.4) is 0 Å². The molecule has 0 bridgehead atoms. The zero-order valence-corrected chi connectivity index (χ0v) is 10.7. The standard InChI is InChI=1S/C14H18FNO3/c15-10-5-6-13-11(9-10)12(3-2-8-19-13)16-14(18)4-1-7-17/h5-6,9,12,17H,1-4,7-8H2,(H,16,18). The molecule has 1 aliphatic rings. The lowest BCUT2D eigenvalue weighted by Gasteiger charge is -2.18. The third kappa shape index (κ3) is 3.67. The van der Waals surface area contributed by atoms with E-state index in [-0.39, 0.29) is 30.8 Å². The monoisotopic (exact) mass is 267 g/mol. The van der Waals surface area contributed by atoms with Gasteiger partial charge in [0.05, 0.1) is 12.6 Å². The first kappa shape index (κ1) is 13.8. The molecular formula is C14H18FNO3. The number of carbonyl (C=O) groups is 1. The van der Waals surface area contributed by atoms with E-state index in [2.05, 4.69) is 5.32 Å². The van der Waals surface area contributed by atoms with Crippen LogP contribution in [0, 0.1) is 5.82 Å². The first-order valence-electron chi connectivity index (χ1n) is 6.53. The summed E-state index contributed by atoms with van der Waals surface area (Å²) in [5.74, 6) is 0.168. The second-order valence-electron chi connectivity index (χ2n) is 4.62. The summed E-state index contributed by atoms with van der Waals surface area (Å²) in [7, 11) is 0. The fourth-order valence-corrected chi connectivity index (χ4v) is 2.20. The highest BCUT2D eigenvalue weighted by molar-refractivity contribution is 5.76. The fourth-order valence-electron chi connectivity index (χ4n) is 2.20. The number of rotatable bonds is 4. The minimum Gasteiger partial charge on any atom is -0.493 e.